The SMILES string of the molecule is C[C@H]1Cc2cc(C(O)=C3C(=O)C(=O)N(CCCn4ccnc4)[C@H]3c3ccc(N(C)C)cc3)ccc2O1. The molecule has 2 atom stereocenters. The zero-order valence-electron chi connectivity index (χ0n) is 20.7. The van der Waals surface area contributed by atoms with Crippen molar-refractivity contribution in [2.75, 3.05) is 25.5 Å². The molecule has 1 saturated heterocycles. The summed E-state index contributed by atoms with van der Waals surface area (Å²) < 4.78 is 7.72. The minimum atomic E-state index is -0.674. The number of nitrogens with zero attached hydrogens (tertiary/aromatic N) is 4. The average molecular weight is 487 g/mol. The lowest BCUT2D eigenvalue weighted by Gasteiger charge is -2.26. The second kappa shape index (κ2) is 9.53. The van der Waals surface area contributed by atoms with Crippen LogP contribution >= 0.6 is 0 Å². The molecule has 36 heavy (non-hydrogen) atoms. The summed E-state index contributed by atoms with van der Waals surface area (Å²) >= 11 is 0. The molecular weight excluding hydrogens is 456 g/mol. The number of aromatic nitrogens is 2. The van der Waals surface area contributed by atoms with Gasteiger partial charge >= 0.3 is 0 Å². The molecule has 1 amide bonds. The molecule has 0 spiro atoms. The van der Waals surface area contributed by atoms with Gasteiger partial charge in [-0.15, -0.1) is 0 Å². The third-order valence-corrected chi connectivity index (χ3v) is 6.81. The summed E-state index contributed by atoms with van der Waals surface area (Å²) in [5, 5.41) is 11.4. The number of amides is 1. The fraction of sp³-hybridized carbons (Fsp3) is 0.321. The molecule has 5 rings (SSSR count). The van der Waals surface area contributed by atoms with Gasteiger partial charge in [-0.05, 0) is 54.8 Å². The van der Waals surface area contributed by atoms with Crippen LogP contribution in [-0.4, -0.2) is 58.0 Å². The highest BCUT2D eigenvalue weighted by Gasteiger charge is 2.45. The highest BCUT2D eigenvalue weighted by Crippen LogP contribution is 2.41. The van der Waals surface area contributed by atoms with E-state index in [0.29, 0.717) is 25.1 Å². The number of aryl methyl sites for hydroxylation is 1. The monoisotopic (exact) mass is 486 g/mol. The summed E-state index contributed by atoms with van der Waals surface area (Å²) in [5.41, 5.74) is 3.39. The highest BCUT2D eigenvalue weighted by molar-refractivity contribution is 6.46. The fourth-order valence-corrected chi connectivity index (χ4v) is 4.98. The summed E-state index contributed by atoms with van der Waals surface area (Å²) in [6, 6.07) is 12.5. The zero-order valence-corrected chi connectivity index (χ0v) is 20.7. The van der Waals surface area contributed by atoms with Gasteiger partial charge in [0.1, 0.15) is 17.6 Å². The van der Waals surface area contributed by atoms with Gasteiger partial charge in [0.25, 0.3) is 11.7 Å². The lowest BCUT2D eigenvalue weighted by Crippen LogP contribution is -2.31. The molecule has 0 radical (unpaired) electrons. The van der Waals surface area contributed by atoms with Crippen molar-refractivity contribution in [3.8, 4) is 5.75 Å². The summed E-state index contributed by atoms with van der Waals surface area (Å²) in [4.78, 5) is 34.1. The predicted molar refractivity (Wildman–Crippen MR) is 137 cm³/mol. The molecule has 8 nitrogen and oxygen atoms in total. The van der Waals surface area contributed by atoms with Crippen LogP contribution in [0.1, 0.15) is 36.1 Å². The Labute approximate surface area is 210 Å². The quantitative estimate of drug-likeness (QED) is 0.311. The molecule has 3 heterocycles. The standard InChI is InChI=1S/C28H30N4O4/c1-18-15-21-16-20(7-10-23(21)36-18)26(33)24-25(19-5-8-22(9-6-19)30(2)3)32(28(35)27(24)34)13-4-12-31-14-11-29-17-31/h5-11,14,16-18,25,33H,4,12-13,15H2,1-3H3/t18-,25-/m0/s1. The van der Waals surface area contributed by atoms with Crippen LogP contribution in [0.4, 0.5) is 5.69 Å². The number of ketones is 1. The lowest BCUT2D eigenvalue weighted by molar-refractivity contribution is -0.139. The van der Waals surface area contributed by atoms with Crippen molar-refractivity contribution in [1.29, 1.82) is 0 Å². The van der Waals surface area contributed by atoms with E-state index in [1.54, 1.807) is 23.5 Å². The largest absolute Gasteiger partial charge is 0.507 e. The number of ether oxygens (including phenoxy) is 1. The molecule has 1 aromatic heterocycles. The van der Waals surface area contributed by atoms with Gasteiger partial charge in [-0.2, -0.15) is 0 Å². The van der Waals surface area contributed by atoms with Gasteiger partial charge in [0.2, 0.25) is 0 Å². The van der Waals surface area contributed by atoms with Crippen molar-refractivity contribution in [3.05, 3.63) is 83.4 Å². The van der Waals surface area contributed by atoms with Crippen LogP contribution in [-0.2, 0) is 22.6 Å². The number of carbonyl (C=O) groups excluding carboxylic acids is 2. The number of benzene rings is 2. The van der Waals surface area contributed by atoms with E-state index in [-0.39, 0.29) is 17.4 Å². The molecular formula is C28H30N4O4. The first-order valence-corrected chi connectivity index (χ1v) is 12.1. The Morgan fingerprint density at radius 3 is 2.61 bits per heavy atom. The average Bonchev–Trinajstić information content (AvgIpc) is 3.57. The number of aliphatic hydroxyl groups excluding tert-OH is 1. The molecule has 1 fully saturated rings. The van der Waals surface area contributed by atoms with Gasteiger partial charge in [0, 0.05) is 57.3 Å². The number of likely N-dealkylation sites (tertiary alicyclic amines) is 1. The molecule has 2 aliphatic rings. The van der Waals surface area contributed by atoms with Crippen molar-refractivity contribution in [1.82, 2.24) is 14.5 Å². The third kappa shape index (κ3) is 4.34. The molecule has 2 aromatic carbocycles. The minimum Gasteiger partial charge on any atom is -0.507 e. The Morgan fingerprint density at radius 2 is 1.92 bits per heavy atom. The molecule has 8 heteroatoms. The molecule has 2 aliphatic heterocycles. The van der Waals surface area contributed by atoms with Crippen LogP contribution in [0.15, 0.2) is 66.8 Å². The van der Waals surface area contributed by atoms with E-state index in [0.717, 1.165) is 29.0 Å². The van der Waals surface area contributed by atoms with Crippen LogP contribution in [0.3, 0.4) is 0 Å². The maximum atomic E-state index is 13.3. The Kier molecular flexibility index (Phi) is 6.26. The van der Waals surface area contributed by atoms with E-state index in [2.05, 4.69) is 4.98 Å². The van der Waals surface area contributed by atoms with Crippen LogP contribution in [0.25, 0.3) is 5.76 Å². The fourth-order valence-electron chi connectivity index (χ4n) is 4.98. The lowest BCUT2D eigenvalue weighted by atomic mass is 9.94. The molecule has 0 saturated carbocycles. The Balaban J connectivity index is 1.53. The number of anilines is 1. The first-order valence-electron chi connectivity index (χ1n) is 12.1. The normalized spacial score (nSPS) is 20.5. The summed E-state index contributed by atoms with van der Waals surface area (Å²) in [6.07, 6.45) is 6.74. The van der Waals surface area contributed by atoms with E-state index in [1.165, 1.54) is 0 Å². The van der Waals surface area contributed by atoms with Gasteiger partial charge in [-0.1, -0.05) is 12.1 Å². The smallest absolute Gasteiger partial charge is 0.295 e. The van der Waals surface area contributed by atoms with E-state index in [1.807, 2.05) is 73.1 Å². The summed E-state index contributed by atoms with van der Waals surface area (Å²) in [7, 11) is 3.91. The van der Waals surface area contributed by atoms with E-state index >= 15 is 0 Å². The molecule has 0 bridgehead atoms. The first kappa shape index (κ1) is 23.7. The minimum absolute atomic E-state index is 0.0636. The molecule has 3 aromatic rings. The number of imidazole rings is 1. The second-order valence-electron chi connectivity index (χ2n) is 9.59. The van der Waals surface area contributed by atoms with Gasteiger partial charge in [-0.3, -0.25) is 9.59 Å². The zero-order chi connectivity index (χ0) is 25.4. The van der Waals surface area contributed by atoms with Crippen LogP contribution in [0, 0.1) is 0 Å². The summed E-state index contributed by atoms with van der Waals surface area (Å²) in [6.45, 7) is 3.03. The molecule has 186 valence electrons. The van der Waals surface area contributed by atoms with Crippen molar-refractivity contribution >= 4 is 23.1 Å². The number of carbonyl (C=O) groups is 2. The number of aliphatic hydroxyl groups is 1. The highest BCUT2D eigenvalue weighted by atomic mass is 16.5. The van der Waals surface area contributed by atoms with E-state index in [4.69, 9.17) is 4.74 Å². The van der Waals surface area contributed by atoms with E-state index < -0.39 is 17.7 Å². The Bertz CT molecular complexity index is 1310. The molecule has 0 aliphatic carbocycles. The third-order valence-electron chi connectivity index (χ3n) is 6.81. The van der Waals surface area contributed by atoms with Crippen LogP contribution < -0.4 is 9.64 Å². The van der Waals surface area contributed by atoms with E-state index in [9.17, 15) is 14.7 Å². The van der Waals surface area contributed by atoms with Crippen molar-refractivity contribution in [3.63, 3.8) is 0 Å². The molecule has 0 unspecified atom stereocenters. The van der Waals surface area contributed by atoms with Gasteiger partial charge < -0.3 is 24.2 Å². The number of hydrogen-bond donors (Lipinski definition) is 1. The maximum Gasteiger partial charge on any atom is 0.295 e. The van der Waals surface area contributed by atoms with Crippen LogP contribution in [0.5, 0.6) is 5.75 Å². The number of Topliss-reactive ketones (excluding diaryl/α,β-unsaturated/α-hetero) is 1. The van der Waals surface area contributed by atoms with Gasteiger partial charge in [0.05, 0.1) is 17.9 Å². The Hall–Kier alpha value is -4.07. The topological polar surface area (TPSA) is 87.9 Å². The number of rotatable bonds is 7. The first-order chi connectivity index (χ1) is 17.3. The second-order valence-corrected chi connectivity index (χ2v) is 9.59. The van der Waals surface area contributed by atoms with Crippen molar-refractivity contribution < 1.29 is 19.4 Å². The van der Waals surface area contributed by atoms with Gasteiger partial charge in [0.15, 0.2) is 0 Å². The molecule has 1 N–H and O–H groups in total. The summed E-state index contributed by atoms with van der Waals surface area (Å²) in [5.74, 6) is -0.631. The van der Waals surface area contributed by atoms with Crippen molar-refractivity contribution in [2.24, 2.45) is 0 Å². The number of hydrogen-bond acceptors (Lipinski definition) is 6. The predicted octanol–water partition coefficient (Wildman–Crippen LogP) is 3.78. The van der Waals surface area contributed by atoms with Gasteiger partial charge in [-0.25, -0.2) is 4.98 Å². The Morgan fingerprint density at radius 1 is 1.14 bits per heavy atom. The number of fused-ring (bicyclic) bond motifs is 1. The maximum absolute atomic E-state index is 13.3. The van der Waals surface area contributed by atoms with Crippen LogP contribution in [0.2, 0.25) is 0 Å². The van der Waals surface area contributed by atoms with Crippen molar-refractivity contribution in [2.45, 2.75) is 38.5 Å².